The van der Waals surface area contributed by atoms with Crippen LogP contribution >= 0.6 is 31.5 Å². The van der Waals surface area contributed by atoms with Crippen LogP contribution in [0.5, 0.6) is 0 Å². The van der Waals surface area contributed by atoms with E-state index in [0.29, 0.717) is 6.61 Å². The zero-order chi connectivity index (χ0) is 15.1. The van der Waals surface area contributed by atoms with E-state index >= 15 is 0 Å². The van der Waals surface area contributed by atoms with Crippen molar-refractivity contribution in [2.24, 2.45) is 0 Å². The Morgan fingerprint density at radius 1 is 1.21 bits per heavy atom. The van der Waals surface area contributed by atoms with Gasteiger partial charge in [-0.25, -0.2) is 4.52 Å². The molecule has 0 aromatic rings. The van der Waals surface area contributed by atoms with Crippen molar-refractivity contribution >= 4 is 31.5 Å². The number of halogens is 2. The van der Waals surface area contributed by atoms with Gasteiger partial charge in [-0.2, -0.15) is 0 Å². The lowest BCUT2D eigenvalue weighted by atomic mass is 10.6. The van der Waals surface area contributed by atoms with E-state index in [2.05, 4.69) is 0 Å². The van der Waals surface area contributed by atoms with Crippen LogP contribution < -0.4 is 0 Å². The van der Waals surface area contributed by atoms with Crippen LogP contribution in [0.25, 0.3) is 0 Å². The first kappa shape index (κ1) is 21.9. The molecule has 2 unspecified atom stereocenters. The average Bonchev–Trinajstić information content (AvgIpc) is 2.35. The molecular weight excluding hydrogens is 318 g/mol. The fraction of sp³-hybridized carbons (Fsp3) is 1.00. The maximum absolute atomic E-state index is 11.2. The van der Waals surface area contributed by atoms with E-state index in [9.17, 15) is 9.67 Å². The summed E-state index contributed by atoms with van der Waals surface area (Å²) in [5.41, 5.74) is 0. The molecule has 0 rings (SSSR count). The molecular formula is C10H23Cl2O6P. The Labute approximate surface area is 125 Å². The van der Waals surface area contributed by atoms with E-state index < -0.39 is 14.2 Å². The van der Waals surface area contributed by atoms with Crippen LogP contribution in [-0.2, 0) is 23.1 Å². The number of hydrogen-bond acceptors (Lipinski definition) is 6. The highest BCUT2D eigenvalue weighted by atomic mass is 35.5. The Balaban J connectivity index is 0. The second-order valence-corrected chi connectivity index (χ2v) is 4.84. The molecule has 0 radical (unpaired) electrons. The van der Waals surface area contributed by atoms with E-state index in [0.717, 1.165) is 5.88 Å². The van der Waals surface area contributed by atoms with E-state index in [4.69, 9.17) is 41.7 Å². The number of hydrogen-bond donors (Lipinski definition) is 1. The van der Waals surface area contributed by atoms with Crippen molar-refractivity contribution < 1.29 is 28.2 Å². The second-order valence-electron chi connectivity index (χ2n) is 2.94. The fourth-order valence-corrected chi connectivity index (χ4v) is 1.75. The lowest BCUT2D eigenvalue weighted by Crippen LogP contribution is -2.39. The second kappa shape index (κ2) is 15.0. The lowest BCUT2D eigenvalue weighted by molar-refractivity contribution is -0.337. The molecule has 0 aromatic heterocycles. The number of rotatable bonds is 10. The fourth-order valence-electron chi connectivity index (χ4n) is 0.839. The van der Waals surface area contributed by atoms with Crippen molar-refractivity contribution in [1.29, 1.82) is 0 Å². The Hall–Kier alpha value is 0.610. The summed E-state index contributed by atoms with van der Waals surface area (Å²) in [6.07, 6.45) is 0. The van der Waals surface area contributed by atoms with Crippen molar-refractivity contribution in [2.75, 3.05) is 38.2 Å². The minimum atomic E-state index is -2.85. The molecule has 0 fully saturated rings. The molecule has 0 aromatic carbocycles. The predicted octanol–water partition coefficient (Wildman–Crippen LogP) is 2.61. The summed E-state index contributed by atoms with van der Waals surface area (Å²) < 4.78 is 30.6. The molecule has 0 aliphatic heterocycles. The molecule has 0 saturated carbocycles. The molecule has 6 nitrogen and oxygen atoms in total. The molecule has 0 aliphatic carbocycles. The number of ether oxygens (including phenoxy) is 2. The summed E-state index contributed by atoms with van der Waals surface area (Å²) in [7, 11) is -2.85. The average molecular weight is 341 g/mol. The minimum absolute atomic E-state index is 0.0796. The zero-order valence-corrected chi connectivity index (χ0v) is 14.0. The van der Waals surface area contributed by atoms with Crippen LogP contribution in [0.4, 0.5) is 0 Å². The lowest BCUT2D eigenvalue weighted by Gasteiger charge is -2.26. The van der Waals surface area contributed by atoms with Gasteiger partial charge in [0.1, 0.15) is 6.61 Å². The van der Waals surface area contributed by atoms with Crippen LogP contribution in [0.3, 0.4) is 0 Å². The van der Waals surface area contributed by atoms with Gasteiger partial charge >= 0.3 is 14.2 Å². The van der Waals surface area contributed by atoms with Crippen LogP contribution in [0.15, 0.2) is 0 Å². The molecule has 19 heavy (non-hydrogen) atoms. The summed E-state index contributed by atoms with van der Waals surface area (Å²) >= 11 is 10.3. The first-order valence-electron chi connectivity index (χ1n) is 5.91. The van der Waals surface area contributed by atoms with Gasteiger partial charge in [-0.1, -0.05) is 6.92 Å². The highest BCUT2D eigenvalue weighted by Gasteiger charge is 2.32. The molecule has 0 bridgehead atoms. The largest absolute Gasteiger partial charge is 0.373 e. The molecule has 9 heteroatoms. The minimum Gasteiger partial charge on any atom is -0.373 e. The Morgan fingerprint density at radius 2 is 1.79 bits per heavy atom. The van der Waals surface area contributed by atoms with Gasteiger partial charge in [-0.05, 0) is 13.8 Å². The third-order valence-corrected chi connectivity index (χ3v) is 2.48. The van der Waals surface area contributed by atoms with Gasteiger partial charge in [0.2, 0.25) is 0 Å². The van der Waals surface area contributed by atoms with Gasteiger partial charge in [0.15, 0.2) is 0 Å². The topological polar surface area (TPSA) is 74.2 Å². The normalized spacial score (nSPS) is 15.3. The Morgan fingerprint density at radius 3 is 2.21 bits per heavy atom. The van der Waals surface area contributed by atoms with Crippen molar-refractivity contribution in [3.05, 3.63) is 0 Å². The maximum atomic E-state index is 11.2. The van der Waals surface area contributed by atoms with Gasteiger partial charge in [0.05, 0.1) is 6.61 Å². The molecule has 0 aliphatic rings. The van der Waals surface area contributed by atoms with Crippen LogP contribution in [0, 0.1) is 0 Å². The zero-order valence-electron chi connectivity index (χ0n) is 11.5. The first-order valence-corrected chi connectivity index (χ1v) is 8.20. The number of aliphatic hydroxyl groups is 1. The van der Waals surface area contributed by atoms with Crippen molar-refractivity contribution in [3.63, 3.8) is 0 Å². The van der Waals surface area contributed by atoms with E-state index in [1.807, 2.05) is 6.92 Å². The SMILES string of the molecule is CCCl.CCOCC(O)(OCC)O[PH](=O)OCCCl. The van der Waals surface area contributed by atoms with Crippen molar-refractivity contribution in [1.82, 2.24) is 0 Å². The van der Waals surface area contributed by atoms with E-state index in [1.54, 1.807) is 13.8 Å². The molecule has 2 atom stereocenters. The standard InChI is InChI=1S/C8H18ClO6P.C2H5Cl/c1-3-12-7-8(10,13-4-2)15-16(11)14-6-5-9;1-2-3/h10,16H,3-7H2,1-2H3;2H2,1H3. The predicted molar refractivity (Wildman–Crippen MR) is 76.2 cm³/mol. The molecule has 0 amide bonds. The summed E-state index contributed by atoms with van der Waals surface area (Å²) in [6, 6.07) is 0. The van der Waals surface area contributed by atoms with Gasteiger partial charge in [0, 0.05) is 25.0 Å². The smallest absolute Gasteiger partial charge is 0.323 e. The Bertz CT molecular complexity index is 222. The summed E-state index contributed by atoms with van der Waals surface area (Å²) in [5, 5.41) is 9.76. The molecule has 1 N–H and O–H groups in total. The molecule has 118 valence electrons. The maximum Gasteiger partial charge on any atom is 0.323 e. The van der Waals surface area contributed by atoms with Crippen LogP contribution in [-0.4, -0.2) is 49.3 Å². The first-order chi connectivity index (χ1) is 8.99. The van der Waals surface area contributed by atoms with Gasteiger partial charge in [-0.3, -0.25) is 4.57 Å². The van der Waals surface area contributed by atoms with Gasteiger partial charge < -0.3 is 19.1 Å². The monoisotopic (exact) mass is 340 g/mol. The number of alkyl halides is 2. The molecule has 0 heterocycles. The summed E-state index contributed by atoms with van der Waals surface area (Å²) in [5.74, 6) is -1.12. The highest BCUT2D eigenvalue weighted by Crippen LogP contribution is 2.31. The van der Waals surface area contributed by atoms with E-state index in [-0.39, 0.29) is 25.7 Å². The van der Waals surface area contributed by atoms with E-state index in [1.165, 1.54) is 0 Å². The van der Waals surface area contributed by atoms with Crippen LogP contribution in [0.2, 0.25) is 0 Å². The summed E-state index contributed by atoms with van der Waals surface area (Å²) in [6.45, 7) is 5.71. The highest BCUT2D eigenvalue weighted by molar-refractivity contribution is 7.33. The van der Waals surface area contributed by atoms with Crippen LogP contribution in [0.1, 0.15) is 20.8 Å². The third kappa shape index (κ3) is 14.8. The molecule has 0 spiro atoms. The van der Waals surface area contributed by atoms with Gasteiger partial charge in [-0.15, -0.1) is 23.2 Å². The molecule has 0 saturated heterocycles. The van der Waals surface area contributed by atoms with Gasteiger partial charge in [0.25, 0.3) is 0 Å². The summed E-state index contributed by atoms with van der Waals surface area (Å²) in [4.78, 5) is 0. The quantitative estimate of drug-likeness (QED) is 0.374. The van der Waals surface area contributed by atoms with Crippen molar-refractivity contribution in [3.8, 4) is 0 Å². The van der Waals surface area contributed by atoms with Crippen molar-refractivity contribution in [2.45, 2.75) is 26.7 Å². The Kier molecular flexibility index (Phi) is 17.3. The third-order valence-electron chi connectivity index (χ3n) is 1.40.